The molecule has 0 radical (unpaired) electrons. The van der Waals surface area contributed by atoms with Crippen molar-refractivity contribution in [2.75, 3.05) is 26.0 Å². The summed E-state index contributed by atoms with van der Waals surface area (Å²) in [6.07, 6.45) is 4.38. The van der Waals surface area contributed by atoms with E-state index in [1.807, 2.05) is 29.2 Å². The van der Waals surface area contributed by atoms with E-state index in [1.165, 1.54) is 0 Å². The molecule has 4 N–H and O–H groups in total. The number of imidazole rings is 1. The molecule has 30 heavy (non-hydrogen) atoms. The van der Waals surface area contributed by atoms with Gasteiger partial charge in [0, 0.05) is 43.3 Å². The average molecular weight is 405 g/mol. The third-order valence-electron chi connectivity index (χ3n) is 5.69. The molecule has 4 aromatic rings. The predicted octanol–water partition coefficient (Wildman–Crippen LogP) is 2.26. The lowest BCUT2D eigenvalue weighted by Gasteiger charge is -2.23. The highest BCUT2D eigenvalue weighted by molar-refractivity contribution is 6.07. The van der Waals surface area contributed by atoms with Crippen molar-refractivity contribution in [3.63, 3.8) is 0 Å². The van der Waals surface area contributed by atoms with Crippen molar-refractivity contribution in [2.24, 2.45) is 0 Å². The summed E-state index contributed by atoms with van der Waals surface area (Å²) < 4.78 is 5.02. The number of nitrogens with two attached hydrogens (primary N) is 1. The van der Waals surface area contributed by atoms with Crippen molar-refractivity contribution in [3.05, 3.63) is 36.3 Å². The van der Waals surface area contributed by atoms with Crippen LogP contribution in [0.2, 0.25) is 0 Å². The number of hydrogen-bond acceptors (Lipinski definition) is 6. The molecule has 1 saturated heterocycles. The zero-order valence-corrected chi connectivity index (χ0v) is 16.7. The van der Waals surface area contributed by atoms with E-state index in [9.17, 15) is 4.79 Å². The van der Waals surface area contributed by atoms with Gasteiger partial charge in [-0.25, -0.2) is 9.97 Å². The number of rotatable bonds is 5. The molecule has 154 valence electrons. The Hall–Kier alpha value is -3.46. The van der Waals surface area contributed by atoms with Crippen LogP contribution in [0.15, 0.2) is 30.5 Å². The van der Waals surface area contributed by atoms with E-state index in [2.05, 4.69) is 20.2 Å². The summed E-state index contributed by atoms with van der Waals surface area (Å²) in [5.41, 5.74) is 10.4. The number of hydrogen-bond donors (Lipinski definition) is 3. The van der Waals surface area contributed by atoms with Crippen LogP contribution in [0.3, 0.4) is 0 Å². The van der Waals surface area contributed by atoms with Gasteiger partial charge in [-0.1, -0.05) is 6.07 Å². The summed E-state index contributed by atoms with van der Waals surface area (Å²) in [5.74, 6) is 1.22. The molecule has 1 fully saturated rings. The molecule has 1 amide bonds. The number of nitrogens with zero attached hydrogens (tertiary/aromatic N) is 4. The number of benzene rings is 1. The summed E-state index contributed by atoms with van der Waals surface area (Å²) in [6.45, 7) is 0.867. The highest BCUT2D eigenvalue weighted by Gasteiger charge is 2.29. The molecule has 5 rings (SSSR count). The van der Waals surface area contributed by atoms with E-state index in [-0.39, 0.29) is 18.6 Å². The summed E-state index contributed by atoms with van der Waals surface area (Å²) in [4.78, 5) is 26.9. The molecule has 1 aliphatic rings. The second-order valence-electron chi connectivity index (χ2n) is 7.62. The Morgan fingerprint density at radius 2 is 2.23 bits per heavy atom. The standard InChI is InChI=1S/C21H23N7O2/c1-30-11-18(29)28-8-2-3-13(28)10-17-25-19-14-5-4-12(15-6-7-23-27-15)9-16(14)24-21(22)20(19)26-17/h4-7,9,13H,2-3,8,10-11H2,1H3,(H2,22,24)(H,23,27)(H,25,26)/t13-/m1/s1. The van der Waals surface area contributed by atoms with Crippen LogP contribution in [-0.2, 0) is 16.0 Å². The largest absolute Gasteiger partial charge is 0.382 e. The fraction of sp³-hybridized carbons (Fsp3) is 0.333. The van der Waals surface area contributed by atoms with Crippen molar-refractivity contribution in [1.82, 2.24) is 30.0 Å². The maximum absolute atomic E-state index is 12.3. The summed E-state index contributed by atoms with van der Waals surface area (Å²) in [6, 6.07) is 8.03. The summed E-state index contributed by atoms with van der Waals surface area (Å²) in [5, 5.41) is 8.01. The molecule has 0 bridgehead atoms. The molecular weight excluding hydrogens is 382 g/mol. The Morgan fingerprint density at radius 1 is 1.33 bits per heavy atom. The lowest BCUT2D eigenvalue weighted by molar-refractivity contribution is -0.135. The molecule has 1 aliphatic heterocycles. The average Bonchev–Trinajstić information content (AvgIpc) is 3.49. The van der Waals surface area contributed by atoms with Crippen LogP contribution in [-0.4, -0.2) is 62.3 Å². The number of carbonyl (C=O) groups excluding carboxylic acids is 1. The first-order valence-electron chi connectivity index (χ1n) is 10.0. The molecule has 0 aliphatic carbocycles. The summed E-state index contributed by atoms with van der Waals surface area (Å²) in [7, 11) is 1.54. The third kappa shape index (κ3) is 3.17. The highest BCUT2D eigenvalue weighted by atomic mass is 16.5. The number of ether oxygens (including phenoxy) is 1. The molecule has 1 aromatic carbocycles. The van der Waals surface area contributed by atoms with E-state index in [4.69, 9.17) is 15.5 Å². The van der Waals surface area contributed by atoms with Gasteiger partial charge in [0.05, 0.1) is 16.7 Å². The van der Waals surface area contributed by atoms with E-state index in [0.717, 1.165) is 52.9 Å². The highest BCUT2D eigenvalue weighted by Crippen LogP contribution is 2.30. The van der Waals surface area contributed by atoms with Crippen molar-refractivity contribution in [2.45, 2.75) is 25.3 Å². The van der Waals surface area contributed by atoms with Crippen molar-refractivity contribution in [1.29, 1.82) is 0 Å². The van der Waals surface area contributed by atoms with Gasteiger partial charge >= 0.3 is 0 Å². The molecule has 0 unspecified atom stereocenters. The van der Waals surface area contributed by atoms with Crippen LogP contribution < -0.4 is 5.73 Å². The van der Waals surface area contributed by atoms with Gasteiger partial charge in [0.1, 0.15) is 17.9 Å². The van der Waals surface area contributed by atoms with E-state index in [0.29, 0.717) is 17.8 Å². The molecule has 0 spiro atoms. The van der Waals surface area contributed by atoms with Crippen molar-refractivity contribution < 1.29 is 9.53 Å². The van der Waals surface area contributed by atoms with Gasteiger partial charge in [0.2, 0.25) is 5.91 Å². The molecule has 3 aromatic heterocycles. The molecule has 9 nitrogen and oxygen atoms in total. The normalized spacial score (nSPS) is 16.7. The number of carbonyl (C=O) groups is 1. The summed E-state index contributed by atoms with van der Waals surface area (Å²) >= 11 is 0. The predicted molar refractivity (Wildman–Crippen MR) is 114 cm³/mol. The van der Waals surface area contributed by atoms with Gasteiger partial charge in [-0.15, -0.1) is 0 Å². The number of H-pyrrole nitrogens is 2. The van der Waals surface area contributed by atoms with Crippen LogP contribution in [0.1, 0.15) is 18.7 Å². The first-order chi connectivity index (χ1) is 14.6. The number of aromatic nitrogens is 5. The maximum Gasteiger partial charge on any atom is 0.248 e. The Balaban J connectivity index is 1.50. The zero-order chi connectivity index (χ0) is 20.7. The van der Waals surface area contributed by atoms with Crippen LogP contribution in [0.5, 0.6) is 0 Å². The second-order valence-corrected chi connectivity index (χ2v) is 7.62. The van der Waals surface area contributed by atoms with Crippen LogP contribution >= 0.6 is 0 Å². The minimum Gasteiger partial charge on any atom is -0.382 e. The topological polar surface area (TPSA) is 126 Å². The number of nitrogen functional groups attached to an aromatic ring is 1. The number of anilines is 1. The van der Waals surface area contributed by atoms with E-state index >= 15 is 0 Å². The maximum atomic E-state index is 12.3. The van der Waals surface area contributed by atoms with Gasteiger partial charge in [0.15, 0.2) is 5.82 Å². The first kappa shape index (κ1) is 18.6. The Bertz CT molecular complexity index is 1220. The number of amides is 1. The number of pyridine rings is 1. The zero-order valence-electron chi connectivity index (χ0n) is 16.7. The number of methoxy groups -OCH3 is 1. The van der Waals surface area contributed by atoms with Crippen molar-refractivity contribution >= 4 is 33.7 Å². The van der Waals surface area contributed by atoms with E-state index in [1.54, 1.807) is 13.3 Å². The fourth-order valence-corrected chi connectivity index (χ4v) is 4.30. The molecule has 0 saturated carbocycles. The molecule has 9 heteroatoms. The minimum absolute atomic E-state index is 0.0219. The number of aromatic amines is 2. The van der Waals surface area contributed by atoms with E-state index < -0.39 is 0 Å². The lowest BCUT2D eigenvalue weighted by atomic mass is 10.1. The Kier molecular flexibility index (Phi) is 4.59. The van der Waals surface area contributed by atoms with Gasteiger partial charge in [-0.3, -0.25) is 9.89 Å². The Labute approximate surface area is 172 Å². The van der Waals surface area contributed by atoms with Crippen LogP contribution in [0, 0.1) is 0 Å². The number of likely N-dealkylation sites (tertiary alicyclic amines) is 1. The smallest absolute Gasteiger partial charge is 0.248 e. The third-order valence-corrected chi connectivity index (χ3v) is 5.69. The minimum atomic E-state index is 0.0219. The quantitative estimate of drug-likeness (QED) is 0.468. The van der Waals surface area contributed by atoms with Gasteiger partial charge in [-0.05, 0) is 31.0 Å². The molecule has 4 heterocycles. The Morgan fingerprint density at radius 3 is 3.03 bits per heavy atom. The van der Waals surface area contributed by atoms with Gasteiger partial charge in [0.25, 0.3) is 0 Å². The van der Waals surface area contributed by atoms with Crippen molar-refractivity contribution in [3.8, 4) is 11.3 Å². The lowest BCUT2D eigenvalue weighted by Crippen LogP contribution is -2.39. The molecule has 1 atom stereocenters. The fourth-order valence-electron chi connectivity index (χ4n) is 4.30. The van der Waals surface area contributed by atoms with Crippen LogP contribution in [0.4, 0.5) is 5.82 Å². The van der Waals surface area contributed by atoms with Gasteiger partial charge in [-0.2, -0.15) is 5.10 Å². The first-order valence-corrected chi connectivity index (χ1v) is 10.0. The number of nitrogens with one attached hydrogen (secondary N) is 2. The monoisotopic (exact) mass is 405 g/mol. The van der Waals surface area contributed by atoms with Gasteiger partial charge < -0.3 is 20.4 Å². The SMILES string of the molecule is COCC(=O)N1CCC[C@@H]1Cc1nc2c(N)nc3cc(-c4cc[nH]n4)ccc3c2[nH]1. The van der Waals surface area contributed by atoms with Crippen LogP contribution in [0.25, 0.3) is 33.2 Å². The molecular formula is C21H23N7O2. The number of fused-ring (bicyclic) bond motifs is 3. The second kappa shape index (κ2) is 7.42.